The minimum atomic E-state index is -0.530. The van der Waals surface area contributed by atoms with Gasteiger partial charge in [0.15, 0.2) is 0 Å². The average Bonchev–Trinajstić information content (AvgIpc) is 2.75. The Bertz CT molecular complexity index is 757. The molecule has 0 spiro atoms. The normalized spacial score (nSPS) is 16.7. The summed E-state index contributed by atoms with van der Waals surface area (Å²) in [6.07, 6.45) is 1.92. The highest BCUT2D eigenvalue weighted by atomic mass is 16.5. The zero-order valence-corrected chi connectivity index (χ0v) is 18.3. The van der Waals surface area contributed by atoms with E-state index in [1.165, 1.54) is 16.7 Å². The Labute approximate surface area is 180 Å². The van der Waals surface area contributed by atoms with Crippen molar-refractivity contribution in [1.29, 1.82) is 0 Å². The molecule has 2 aromatic rings. The summed E-state index contributed by atoms with van der Waals surface area (Å²) >= 11 is 0. The van der Waals surface area contributed by atoms with Gasteiger partial charge in [-0.15, -0.1) is 0 Å². The number of piperidine rings is 1. The average molecular weight is 413 g/mol. The fraction of sp³-hybridized carbons (Fsp3) is 0.520. The first-order chi connectivity index (χ1) is 14.5. The SMILES string of the molecule is CCc1ccc(CN(C)Cc2cccc(OC[C@@H](O)CN3CCC(O)CC3)c2)cc1. The molecule has 1 aliphatic heterocycles. The van der Waals surface area contributed by atoms with Crippen molar-refractivity contribution in [3.8, 4) is 5.75 Å². The van der Waals surface area contributed by atoms with E-state index in [0.717, 1.165) is 51.2 Å². The van der Waals surface area contributed by atoms with E-state index in [2.05, 4.69) is 60.2 Å². The van der Waals surface area contributed by atoms with Gasteiger partial charge < -0.3 is 19.8 Å². The van der Waals surface area contributed by atoms with Gasteiger partial charge in [0.05, 0.1) is 6.10 Å². The number of aliphatic hydroxyl groups is 2. The second-order valence-corrected chi connectivity index (χ2v) is 8.49. The van der Waals surface area contributed by atoms with Crippen molar-refractivity contribution in [3.05, 3.63) is 65.2 Å². The van der Waals surface area contributed by atoms with E-state index in [0.29, 0.717) is 6.54 Å². The summed E-state index contributed by atoms with van der Waals surface area (Å²) in [5.74, 6) is 0.793. The topological polar surface area (TPSA) is 56.2 Å². The molecule has 1 aliphatic rings. The van der Waals surface area contributed by atoms with Crippen LogP contribution in [-0.4, -0.2) is 65.5 Å². The van der Waals surface area contributed by atoms with Gasteiger partial charge in [-0.1, -0.05) is 43.3 Å². The van der Waals surface area contributed by atoms with E-state index >= 15 is 0 Å². The Morgan fingerprint density at radius 3 is 2.40 bits per heavy atom. The van der Waals surface area contributed by atoms with E-state index < -0.39 is 6.10 Å². The third-order valence-electron chi connectivity index (χ3n) is 5.70. The number of ether oxygens (including phenoxy) is 1. The highest BCUT2D eigenvalue weighted by molar-refractivity contribution is 5.29. The molecular formula is C25H36N2O3. The molecule has 2 N–H and O–H groups in total. The van der Waals surface area contributed by atoms with Gasteiger partial charge >= 0.3 is 0 Å². The molecule has 0 saturated carbocycles. The van der Waals surface area contributed by atoms with Crippen LogP contribution >= 0.6 is 0 Å². The second kappa shape index (κ2) is 11.5. The fourth-order valence-electron chi connectivity index (χ4n) is 3.94. The molecule has 1 fully saturated rings. The molecule has 0 aliphatic carbocycles. The summed E-state index contributed by atoms with van der Waals surface area (Å²) in [5.41, 5.74) is 3.88. The standard InChI is InChI=1S/C25H36N2O3/c1-3-20-7-9-21(10-8-20)16-26(2)17-22-5-4-6-25(15-22)30-19-24(29)18-27-13-11-23(28)12-14-27/h4-10,15,23-24,28-29H,3,11-14,16-19H2,1-2H3/t24-/m0/s1. The van der Waals surface area contributed by atoms with Gasteiger partial charge in [0, 0.05) is 32.7 Å². The van der Waals surface area contributed by atoms with E-state index in [-0.39, 0.29) is 12.7 Å². The predicted octanol–water partition coefficient (Wildman–Crippen LogP) is 3.08. The Kier molecular flexibility index (Phi) is 8.70. The summed E-state index contributed by atoms with van der Waals surface area (Å²) in [7, 11) is 2.13. The third kappa shape index (κ3) is 7.40. The van der Waals surface area contributed by atoms with Crippen LogP contribution in [0.15, 0.2) is 48.5 Å². The van der Waals surface area contributed by atoms with Crippen LogP contribution in [0.1, 0.15) is 36.5 Å². The minimum Gasteiger partial charge on any atom is -0.491 e. The number of nitrogens with zero attached hydrogens (tertiary/aromatic N) is 2. The van der Waals surface area contributed by atoms with Gasteiger partial charge in [0.1, 0.15) is 18.5 Å². The summed E-state index contributed by atoms with van der Waals surface area (Å²) in [4.78, 5) is 4.48. The maximum atomic E-state index is 10.3. The number of benzene rings is 2. The lowest BCUT2D eigenvalue weighted by Gasteiger charge is -2.30. The van der Waals surface area contributed by atoms with E-state index in [9.17, 15) is 10.2 Å². The maximum absolute atomic E-state index is 10.3. The van der Waals surface area contributed by atoms with Gasteiger partial charge in [-0.05, 0) is 55.1 Å². The number of hydrogen-bond donors (Lipinski definition) is 2. The summed E-state index contributed by atoms with van der Waals surface area (Å²) < 4.78 is 5.85. The number of hydrogen-bond acceptors (Lipinski definition) is 5. The Morgan fingerprint density at radius 1 is 1.03 bits per heavy atom. The van der Waals surface area contributed by atoms with Crippen LogP contribution in [0, 0.1) is 0 Å². The van der Waals surface area contributed by atoms with Crippen LogP contribution in [0.4, 0.5) is 0 Å². The van der Waals surface area contributed by atoms with Crippen LogP contribution in [0.25, 0.3) is 0 Å². The van der Waals surface area contributed by atoms with Gasteiger partial charge in [-0.25, -0.2) is 0 Å². The molecule has 0 unspecified atom stereocenters. The molecule has 1 saturated heterocycles. The minimum absolute atomic E-state index is 0.189. The molecular weight excluding hydrogens is 376 g/mol. The van der Waals surface area contributed by atoms with Crippen molar-refractivity contribution in [2.45, 2.75) is 51.5 Å². The zero-order valence-electron chi connectivity index (χ0n) is 18.3. The number of likely N-dealkylation sites (tertiary alicyclic amines) is 1. The van der Waals surface area contributed by atoms with Crippen LogP contribution in [-0.2, 0) is 19.5 Å². The largest absolute Gasteiger partial charge is 0.491 e. The van der Waals surface area contributed by atoms with Crippen LogP contribution < -0.4 is 4.74 Å². The lowest BCUT2D eigenvalue weighted by atomic mass is 10.1. The summed E-state index contributed by atoms with van der Waals surface area (Å²) in [6, 6.07) is 16.9. The van der Waals surface area contributed by atoms with Crippen molar-refractivity contribution < 1.29 is 14.9 Å². The number of aliphatic hydroxyl groups excluding tert-OH is 2. The molecule has 30 heavy (non-hydrogen) atoms. The quantitative estimate of drug-likeness (QED) is 0.628. The molecule has 0 aromatic heterocycles. The molecule has 5 nitrogen and oxygen atoms in total. The highest BCUT2D eigenvalue weighted by Crippen LogP contribution is 2.17. The van der Waals surface area contributed by atoms with Crippen molar-refractivity contribution in [2.24, 2.45) is 0 Å². The predicted molar refractivity (Wildman–Crippen MR) is 121 cm³/mol. The first-order valence-electron chi connectivity index (χ1n) is 11.1. The molecule has 5 heteroatoms. The Hall–Kier alpha value is -1.92. The smallest absolute Gasteiger partial charge is 0.119 e. The molecule has 0 bridgehead atoms. The Morgan fingerprint density at radius 2 is 1.70 bits per heavy atom. The van der Waals surface area contributed by atoms with E-state index in [1.54, 1.807) is 0 Å². The lowest BCUT2D eigenvalue weighted by molar-refractivity contribution is 0.0337. The van der Waals surface area contributed by atoms with Gasteiger partial charge in [0.2, 0.25) is 0 Å². The zero-order chi connectivity index (χ0) is 21.3. The number of rotatable bonds is 10. The fourth-order valence-corrected chi connectivity index (χ4v) is 3.94. The van der Waals surface area contributed by atoms with Crippen molar-refractivity contribution in [1.82, 2.24) is 9.80 Å². The molecule has 0 radical (unpaired) electrons. The molecule has 3 rings (SSSR count). The van der Waals surface area contributed by atoms with Crippen molar-refractivity contribution in [3.63, 3.8) is 0 Å². The lowest BCUT2D eigenvalue weighted by Crippen LogP contribution is -2.41. The van der Waals surface area contributed by atoms with Gasteiger partial charge in [-0.3, -0.25) is 4.90 Å². The van der Waals surface area contributed by atoms with Crippen LogP contribution in [0.3, 0.4) is 0 Å². The van der Waals surface area contributed by atoms with Crippen molar-refractivity contribution >= 4 is 0 Å². The second-order valence-electron chi connectivity index (χ2n) is 8.49. The number of β-amino-alcohol motifs (C(OH)–C–C–N with tert-alkyl or cyclic N) is 1. The highest BCUT2D eigenvalue weighted by Gasteiger charge is 2.19. The first kappa shape index (κ1) is 22.8. The molecule has 164 valence electrons. The summed E-state index contributed by atoms with van der Waals surface area (Å²) in [6.45, 7) is 6.45. The molecule has 1 heterocycles. The summed E-state index contributed by atoms with van der Waals surface area (Å²) in [5, 5.41) is 19.9. The Balaban J connectivity index is 1.44. The van der Waals surface area contributed by atoms with Crippen LogP contribution in [0.2, 0.25) is 0 Å². The van der Waals surface area contributed by atoms with Gasteiger partial charge in [0.25, 0.3) is 0 Å². The molecule has 2 aromatic carbocycles. The van der Waals surface area contributed by atoms with Crippen LogP contribution in [0.5, 0.6) is 5.75 Å². The first-order valence-corrected chi connectivity index (χ1v) is 11.1. The van der Waals surface area contributed by atoms with E-state index in [4.69, 9.17) is 4.74 Å². The monoisotopic (exact) mass is 412 g/mol. The third-order valence-corrected chi connectivity index (χ3v) is 5.70. The molecule has 0 amide bonds. The maximum Gasteiger partial charge on any atom is 0.119 e. The molecule has 1 atom stereocenters. The van der Waals surface area contributed by atoms with Crippen molar-refractivity contribution in [2.75, 3.05) is 33.3 Å². The van der Waals surface area contributed by atoms with E-state index in [1.807, 2.05) is 12.1 Å². The number of aryl methyl sites for hydroxylation is 1. The van der Waals surface area contributed by atoms with Gasteiger partial charge in [-0.2, -0.15) is 0 Å².